The molecule has 0 saturated carbocycles. The van der Waals surface area contributed by atoms with Gasteiger partial charge in [0, 0.05) is 19.6 Å². The Morgan fingerprint density at radius 3 is 2.67 bits per heavy atom. The number of urea groups is 1. The van der Waals surface area contributed by atoms with Crippen molar-refractivity contribution in [1.29, 1.82) is 0 Å². The predicted octanol–water partition coefficient (Wildman–Crippen LogP) is -1.22. The second-order valence-electron chi connectivity index (χ2n) is 3.51. The maximum absolute atomic E-state index is 11.4. The Balaban J connectivity index is 2.32. The van der Waals surface area contributed by atoms with Crippen LogP contribution in [0.5, 0.6) is 0 Å². The van der Waals surface area contributed by atoms with E-state index in [4.69, 9.17) is 5.73 Å². The number of nitrogens with one attached hydrogen (secondary N) is 1. The lowest BCUT2D eigenvalue weighted by atomic mass is 10.5. The smallest absolute Gasteiger partial charge is 0.317 e. The predicted molar refractivity (Wildman–Crippen MR) is 57.3 cm³/mol. The number of sulfone groups is 1. The summed E-state index contributed by atoms with van der Waals surface area (Å²) in [6.07, 6.45) is 0.481. The number of nitrogens with two attached hydrogens (primary N) is 1. The molecule has 7 heteroatoms. The first-order valence-electron chi connectivity index (χ1n) is 4.98. The molecular weight excluding hydrogens is 218 g/mol. The molecule has 88 valence electrons. The van der Waals surface area contributed by atoms with Gasteiger partial charge in [-0.3, -0.25) is 0 Å². The van der Waals surface area contributed by atoms with Gasteiger partial charge in [0.2, 0.25) is 0 Å². The Morgan fingerprint density at radius 1 is 1.40 bits per heavy atom. The minimum atomic E-state index is -3.06. The molecule has 0 atom stereocenters. The van der Waals surface area contributed by atoms with Gasteiger partial charge < -0.3 is 16.0 Å². The fourth-order valence-electron chi connectivity index (χ4n) is 1.38. The van der Waals surface area contributed by atoms with Crippen molar-refractivity contribution in [2.24, 2.45) is 5.73 Å². The van der Waals surface area contributed by atoms with Crippen molar-refractivity contribution in [3.8, 4) is 0 Å². The van der Waals surface area contributed by atoms with Crippen LogP contribution in [-0.4, -0.2) is 57.0 Å². The highest BCUT2D eigenvalue weighted by Crippen LogP contribution is 2.00. The van der Waals surface area contributed by atoms with Crippen molar-refractivity contribution in [3.63, 3.8) is 0 Å². The molecule has 15 heavy (non-hydrogen) atoms. The molecule has 1 rings (SSSR count). The summed E-state index contributed by atoms with van der Waals surface area (Å²) in [7, 11) is -3.06. The fraction of sp³-hybridized carbons (Fsp3) is 0.875. The van der Waals surface area contributed by atoms with Gasteiger partial charge in [-0.1, -0.05) is 0 Å². The molecule has 6 nitrogen and oxygen atoms in total. The Bertz CT molecular complexity index is 315. The Hall–Kier alpha value is -0.820. The number of carbonyl (C=O) groups is 1. The van der Waals surface area contributed by atoms with Gasteiger partial charge in [0.1, 0.15) is 0 Å². The van der Waals surface area contributed by atoms with Crippen LogP contribution in [0.4, 0.5) is 4.79 Å². The quantitative estimate of drug-likeness (QED) is 0.603. The number of amides is 2. The molecule has 0 aliphatic carbocycles. The molecule has 0 aromatic carbocycles. The molecule has 0 radical (unpaired) electrons. The van der Waals surface area contributed by atoms with Crippen molar-refractivity contribution in [2.75, 3.05) is 37.7 Å². The highest BCUT2D eigenvalue weighted by molar-refractivity contribution is 7.91. The van der Waals surface area contributed by atoms with Crippen LogP contribution in [0.25, 0.3) is 0 Å². The van der Waals surface area contributed by atoms with Gasteiger partial charge in [-0.05, 0) is 13.0 Å². The summed E-state index contributed by atoms with van der Waals surface area (Å²) >= 11 is 0. The van der Waals surface area contributed by atoms with E-state index in [0.717, 1.165) is 0 Å². The largest absolute Gasteiger partial charge is 0.336 e. The highest BCUT2D eigenvalue weighted by Gasteiger charge is 2.21. The zero-order chi connectivity index (χ0) is 11.3. The standard InChI is InChI=1S/C8H17N3O3S/c9-2-1-6-15(13,14)7-5-11-4-3-10-8(11)12/h1-7,9H2,(H,10,12). The Morgan fingerprint density at radius 2 is 2.13 bits per heavy atom. The van der Waals surface area contributed by atoms with Crippen LogP contribution in [0.3, 0.4) is 0 Å². The summed E-state index contributed by atoms with van der Waals surface area (Å²) in [4.78, 5) is 12.6. The van der Waals surface area contributed by atoms with Crippen molar-refractivity contribution in [2.45, 2.75) is 6.42 Å². The third-order valence-corrected chi connectivity index (χ3v) is 3.99. The SMILES string of the molecule is NCCCS(=O)(=O)CCN1CCNC1=O. The van der Waals surface area contributed by atoms with Crippen LogP contribution in [0, 0.1) is 0 Å². The van der Waals surface area contributed by atoms with E-state index in [-0.39, 0.29) is 24.1 Å². The molecule has 0 spiro atoms. The molecule has 0 aromatic rings. The first kappa shape index (κ1) is 12.3. The van der Waals surface area contributed by atoms with Crippen LogP contribution in [0.15, 0.2) is 0 Å². The lowest BCUT2D eigenvalue weighted by molar-refractivity contribution is 0.220. The molecular formula is C8H17N3O3S. The minimum absolute atomic E-state index is 0.0282. The number of hydrogen-bond donors (Lipinski definition) is 2. The summed E-state index contributed by atoms with van der Waals surface area (Å²) in [5.74, 6) is 0.138. The molecule has 1 aliphatic heterocycles. The Kier molecular flexibility index (Phi) is 4.34. The molecule has 0 unspecified atom stereocenters. The number of hydrogen-bond acceptors (Lipinski definition) is 4. The van der Waals surface area contributed by atoms with E-state index in [1.807, 2.05) is 0 Å². The van der Waals surface area contributed by atoms with Crippen molar-refractivity contribution < 1.29 is 13.2 Å². The molecule has 1 fully saturated rings. The zero-order valence-electron chi connectivity index (χ0n) is 8.61. The minimum Gasteiger partial charge on any atom is -0.336 e. The lowest BCUT2D eigenvalue weighted by Gasteiger charge is -2.13. The molecule has 1 aliphatic rings. The van der Waals surface area contributed by atoms with Gasteiger partial charge in [0.15, 0.2) is 9.84 Å². The van der Waals surface area contributed by atoms with Gasteiger partial charge in [-0.2, -0.15) is 0 Å². The lowest BCUT2D eigenvalue weighted by Crippen LogP contribution is -2.33. The van der Waals surface area contributed by atoms with Crippen molar-refractivity contribution >= 4 is 15.9 Å². The first-order valence-corrected chi connectivity index (χ1v) is 6.80. The zero-order valence-corrected chi connectivity index (χ0v) is 9.42. The topological polar surface area (TPSA) is 92.5 Å². The summed E-state index contributed by atoms with van der Waals surface area (Å²) in [6.45, 7) is 1.84. The molecule has 1 saturated heterocycles. The summed E-state index contributed by atoms with van der Waals surface area (Å²) in [5.41, 5.74) is 5.24. The van der Waals surface area contributed by atoms with E-state index in [0.29, 0.717) is 26.1 Å². The van der Waals surface area contributed by atoms with Crippen LogP contribution in [0.2, 0.25) is 0 Å². The van der Waals surface area contributed by atoms with Gasteiger partial charge >= 0.3 is 6.03 Å². The average Bonchev–Trinajstić information content (AvgIpc) is 2.58. The van der Waals surface area contributed by atoms with Crippen molar-refractivity contribution in [1.82, 2.24) is 10.2 Å². The third kappa shape index (κ3) is 4.05. The van der Waals surface area contributed by atoms with Crippen molar-refractivity contribution in [3.05, 3.63) is 0 Å². The number of nitrogens with zero attached hydrogens (tertiary/aromatic N) is 1. The summed E-state index contributed by atoms with van der Waals surface area (Å²) in [6, 6.07) is -0.177. The van der Waals surface area contributed by atoms with Crippen LogP contribution in [0.1, 0.15) is 6.42 Å². The second-order valence-corrected chi connectivity index (χ2v) is 5.82. The van der Waals surface area contributed by atoms with E-state index >= 15 is 0 Å². The highest BCUT2D eigenvalue weighted by atomic mass is 32.2. The normalized spacial score (nSPS) is 16.9. The maximum atomic E-state index is 11.4. The summed E-state index contributed by atoms with van der Waals surface area (Å²) in [5, 5.41) is 2.62. The first-order chi connectivity index (χ1) is 7.05. The number of carbonyl (C=O) groups excluding carboxylic acids is 1. The van der Waals surface area contributed by atoms with E-state index in [9.17, 15) is 13.2 Å². The van der Waals surface area contributed by atoms with Gasteiger partial charge in [-0.15, -0.1) is 0 Å². The fourth-order valence-corrected chi connectivity index (χ4v) is 2.69. The van der Waals surface area contributed by atoms with Gasteiger partial charge in [0.25, 0.3) is 0 Å². The van der Waals surface area contributed by atoms with Gasteiger partial charge in [0.05, 0.1) is 11.5 Å². The van der Waals surface area contributed by atoms with E-state index in [1.165, 1.54) is 4.90 Å². The monoisotopic (exact) mass is 235 g/mol. The summed E-state index contributed by atoms with van der Waals surface area (Å²) < 4.78 is 22.9. The van der Waals surface area contributed by atoms with Crippen LogP contribution < -0.4 is 11.1 Å². The Labute approximate surface area is 89.7 Å². The van der Waals surface area contributed by atoms with E-state index < -0.39 is 9.84 Å². The second kappa shape index (κ2) is 5.32. The van der Waals surface area contributed by atoms with Gasteiger partial charge in [-0.25, -0.2) is 13.2 Å². The third-order valence-electron chi connectivity index (χ3n) is 2.28. The molecule has 1 heterocycles. The maximum Gasteiger partial charge on any atom is 0.317 e. The van der Waals surface area contributed by atoms with Crippen LogP contribution in [-0.2, 0) is 9.84 Å². The number of rotatable bonds is 6. The van der Waals surface area contributed by atoms with Crippen LogP contribution >= 0.6 is 0 Å². The average molecular weight is 235 g/mol. The molecule has 2 amide bonds. The molecule has 3 N–H and O–H groups in total. The van der Waals surface area contributed by atoms with E-state index in [2.05, 4.69) is 5.32 Å². The van der Waals surface area contributed by atoms with E-state index in [1.54, 1.807) is 0 Å². The molecule has 0 aromatic heterocycles. The molecule has 0 bridgehead atoms.